The van der Waals surface area contributed by atoms with Gasteiger partial charge in [0.25, 0.3) is 6.02 Å². The summed E-state index contributed by atoms with van der Waals surface area (Å²) in [5.74, 6) is 0. The summed E-state index contributed by atoms with van der Waals surface area (Å²) in [5.41, 5.74) is -3.78. The fraction of sp³-hybridized carbons (Fsp3) is 0.462. The zero-order valence-electron chi connectivity index (χ0n) is 11.6. The molecule has 1 aliphatic heterocycles. The number of ether oxygens (including phenoxy) is 1. The molecule has 0 saturated carbocycles. The Kier molecular flexibility index (Phi) is 3.78. The van der Waals surface area contributed by atoms with E-state index in [1.807, 2.05) is 0 Å². The number of nitrogens with one attached hydrogen (secondary N) is 1. The first-order valence-corrected chi connectivity index (χ1v) is 6.16. The maximum atomic E-state index is 12.7. The van der Waals surface area contributed by atoms with Crippen molar-refractivity contribution in [3.05, 3.63) is 29.3 Å². The molecule has 0 unspecified atom stereocenters. The van der Waals surface area contributed by atoms with Crippen LogP contribution >= 0.6 is 0 Å². The van der Waals surface area contributed by atoms with Crippen LogP contribution in [0.25, 0.3) is 0 Å². The number of anilines is 1. The largest absolute Gasteiger partial charge is 0.462 e. The fourth-order valence-electron chi connectivity index (χ4n) is 1.80. The number of amidine groups is 1. The van der Waals surface area contributed by atoms with Gasteiger partial charge in [0.1, 0.15) is 6.61 Å². The van der Waals surface area contributed by atoms with Gasteiger partial charge in [0.05, 0.1) is 16.7 Å². The van der Waals surface area contributed by atoms with Crippen LogP contribution in [-0.2, 0) is 17.1 Å². The summed E-state index contributed by atoms with van der Waals surface area (Å²) < 4.78 is 81.4. The Hall–Kier alpha value is -1.93. The predicted molar refractivity (Wildman–Crippen MR) is 67.5 cm³/mol. The van der Waals surface area contributed by atoms with Gasteiger partial charge in [-0.1, -0.05) is 0 Å². The van der Waals surface area contributed by atoms with E-state index in [4.69, 9.17) is 4.74 Å². The molecule has 2 rings (SSSR count). The van der Waals surface area contributed by atoms with Crippen LogP contribution in [0.3, 0.4) is 0 Å². The Balaban J connectivity index is 2.39. The Bertz CT molecular complexity index is 571. The topological polar surface area (TPSA) is 33.6 Å². The average molecular weight is 326 g/mol. The summed E-state index contributed by atoms with van der Waals surface area (Å²) in [6.07, 6.45) is -9.79. The Morgan fingerprint density at radius 2 is 1.50 bits per heavy atom. The van der Waals surface area contributed by atoms with Gasteiger partial charge in [-0.2, -0.15) is 26.3 Å². The minimum atomic E-state index is -4.89. The monoisotopic (exact) mass is 326 g/mol. The first kappa shape index (κ1) is 16.4. The lowest BCUT2D eigenvalue weighted by atomic mass is 10.1. The number of hydrogen-bond donors (Lipinski definition) is 1. The lowest BCUT2D eigenvalue weighted by molar-refractivity contribution is -0.143. The maximum Gasteiger partial charge on any atom is 0.416 e. The first-order valence-electron chi connectivity index (χ1n) is 6.16. The molecule has 0 spiro atoms. The highest BCUT2D eigenvalue weighted by Crippen LogP contribution is 2.37. The van der Waals surface area contributed by atoms with Crippen molar-refractivity contribution in [2.45, 2.75) is 31.7 Å². The average Bonchev–Trinajstić information content (AvgIpc) is 2.66. The first-order chi connectivity index (χ1) is 9.87. The molecule has 1 aromatic carbocycles. The number of rotatable bonds is 1. The van der Waals surface area contributed by atoms with Gasteiger partial charge < -0.3 is 10.1 Å². The van der Waals surface area contributed by atoms with Crippen LogP contribution in [0, 0.1) is 0 Å². The zero-order valence-corrected chi connectivity index (χ0v) is 11.6. The summed E-state index contributed by atoms with van der Waals surface area (Å²) in [7, 11) is 0. The molecule has 122 valence electrons. The quantitative estimate of drug-likeness (QED) is 0.781. The minimum absolute atomic E-state index is 0.0619. The molecule has 0 atom stereocenters. The van der Waals surface area contributed by atoms with Crippen molar-refractivity contribution in [2.75, 3.05) is 11.9 Å². The van der Waals surface area contributed by atoms with E-state index in [0.717, 1.165) is 0 Å². The van der Waals surface area contributed by atoms with E-state index in [0.29, 0.717) is 12.1 Å². The van der Waals surface area contributed by atoms with Gasteiger partial charge in [-0.05, 0) is 32.0 Å². The van der Waals surface area contributed by atoms with Crippen molar-refractivity contribution < 1.29 is 31.1 Å². The van der Waals surface area contributed by atoms with Crippen LogP contribution in [0.5, 0.6) is 0 Å². The van der Waals surface area contributed by atoms with Gasteiger partial charge in [-0.25, -0.2) is 4.99 Å². The van der Waals surface area contributed by atoms with Gasteiger partial charge >= 0.3 is 12.4 Å². The molecule has 0 amide bonds. The summed E-state index contributed by atoms with van der Waals surface area (Å²) in [4.78, 5) is 4.02. The minimum Gasteiger partial charge on any atom is -0.462 e. The second kappa shape index (κ2) is 5.06. The molecule has 1 aliphatic rings. The van der Waals surface area contributed by atoms with Crippen molar-refractivity contribution >= 4 is 11.7 Å². The van der Waals surface area contributed by atoms with Crippen molar-refractivity contribution in [1.82, 2.24) is 0 Å². The number of nitrogens with zero attached hydrogens (tertiary/aromatic N) is 1. The number of benzene rings is 1. The zero-order chi connectivity index (χ0) is 16.8. The maximum absolute atomic E-state index is 12.7. The third kappa shape index (κ3) is 3.83. The number of alkyl halides is 6. The van der Waals surface area contributed by atoms with Crippen LogP contribution in [0.1, 0.15) is 25.0 Å². The molecule has 0 saturated heterocycles. The van der Waals surface area contributed by atoms with Gasteiger partial charge in [0, 0.05) is 5.69 Å². The number of hydrogen-bond acceptors (Lipinski definition) is 3. The number of aliphatic imine (C=N–C) groups is 1. The van der Waals surface area contributed by atoms with E-state index in [1.54, 1.807) is 13.8 Å². The summed E-state index contributed by atoms with van der Waals surface area (Å²) in [6, 6.07) is 1.10. The van der Waals surface area contributed by atoms with E-state index < -0.39 is 34.7 Å². The molecule has 1 N–H and O–H groups in total. The van der Waals surface area contributed by atoms with Gasteiger partial charge in [0.2, 0.25) is 0 Å². The van der Waals surface area contributed by atoms with Crippen LogP contribution in [0.4, 0.5) is 32.0 Å². The normalized spacial score (nSPS) is 17.9. The summed E-state index contributed by atoms with van der Waals surface area (Å²) in [6.45, 7) is 3.62. The molecule has 22 heavy (non-hydrogen) atoms. The van der Waals surface area contributed by atoms with E-state index in [9.17, 15) is 26.3 Å². The molecule has 0 fully saturated rings. The van der Waals surface area contributed by atoms with Crippen molar-refractivity contribution in [3.63, 3.8) is 0 Å². The highest BCUT2D eigenvalue weighted by Gasteiger charge is 2.37. The van der Waals surface area contributed by atoms with E-state index in [-0.39, 0.29) is 18.7 Å². The van der Waals surface area contributed by atoms with Gasteiger partial charge in [-0.15, -0.1) is 0 Å². The molecule has 0 aromatic heterocycles. The van der Waals surface area contributed by atoms with Gasteiger partial charge in [0.15, 0.2) is 0 Å². The van der Waals surface area contributed by atoms with Crippen molar-refractivity contribution in [3.8, 4) is 0 Å². The van der Waals surface area contributed by atoms with Crippen molar-refractivity contribution in [1.29, 1.82) is 0 Å². The third-order valence-corrected chi connectivity index (χ3v) is 2.81. The van der Waals surface area contributed by atoms with Gasteiger partial charge in [-0.3, -0.25) is 0 Å². The lowest BCUT2D eigenvalue weighted by Crippen LogP contribution is -2.17. The third-order valence-electron chi connectivity index (χ3n) is 2.81. The lowest BCUT2D eigenvalue weighted by Gasteiger charge is -2.14. The van der Waals surface area contributed by atoms with Crippen LogP contribution in [0.2, 0.25) is 0 Å². The van der Waals surface area contributed by atoms with E-state index >= 15 is 0 Å². The summed E-state index contributed by atoms with van der Waals surface area (Å²) in [5, 5.41) is 2.35. The predicted octanol–water partition coefficient (Wildman–Crippen LogP) is 4.30. The Labute approximate surface area is 122 Å². The highest BCUT2D eigenvalue weighted by atomic mass is 19.4. The van der Waals surface area contributed by atoms with Crippen LogP contribution in [-0.4, -0.2) is 18.2 Å². The molecule has 3 nitrogen and oxygen atoms in total. The molecule has 0 aliphatic carbocycles. The molecule has 1 aromatic rings. The molecule has 1 heterocycles. The highest BCUT2D eigenvalue weighted by molar-refractivity contribution is 5.90. The number of halogens is 6. The van der Waals surface area contributed by atoms with E-state index in [1.165, 1.54) is 0 Å². The second-order valence-electron chi connectivity index (χ2n) is 5.44. The smallest absolute Gasteiger partial charge is 0.416 e. The molecule has 0 bridgehead atoms. The fourth-order valence-corrected chi connectivity index (χ4v) is 1.80. The Morgan fingerprint density at radius 3 is 1.86 bits per heavy atom. The molecular weight excluding hydrogens is 314 g/mol. The molecular formula is C13H12F6N2O. The van der Waals surface area contributed by atoms with Crippen molar-refractivity contribution in [2.24, 2.45) is 4.99 Å². The standard InChI is InChI=1S/C13H12F6N2O/c1-11(2)6-22-10(21-11)20-9-4-7(12(14,15)16)3-8(5-9)13(17,18)19/h3-5H,6H2,1-2H3,(H,20,21). The van der Waals surface area contributed by atoms with Crippen LogP contribution < -0.4 is 5.32 Å². The SMILES string of the molecule is CC1(C)COC(Nc2cc(C(F)(F)F)cc(C(F)(F)F)c2)=N1. The second-order valence-corrected chi connectivity index (χ2v) is 5.44. The molecule has 9 heteroatoms. The Morgan fingerprint density at radius 1 is 1.00 bits per heavy atom. The van der Waals surface area contributed by atoms with Crippen LogP contribution in [0.15, 0.2) is 23.2 Å². The molecule has 0 radical (unpaired) electrons. The van der Waals surface area contributed by atoms with E-state index in [2.05, 4.69) is 10.3 Å². The summed E-state index contributed by atoms with van der Waals surface area (Å²) >= 11 is 0.